The third-order valence-corrected chi connectivity index (χ3v) is 4.42. The molecular formula is C17H26N2O2. The number of carbonyl (C=O) groups excluding carboxylic acids is 1. The van der Waals surface area contributed by atoms with E-state index in [0.29, 0.717) is 12.6 Å². The van der Waals surface area contributed by atoms with Crippen LogP contribution >= 0.6 is 0 Å². The number of hydrogen-bond donors (Lipinski definition) is 2. The molecule has 0 saturated carbocycles. The van der Waals surface area contributed by atoms with Gasteiger partial charge < -0.3 is 15.3 Å². The number of phenols is 1. The highest BCUT2D eigenvalue weighted by molar-refractivity contribution is 5.79. The maximum absolute atomic E-state index is 12.8. The van der Waals surface area contributed by atoms with Gasteiger partial charge in [0.15, 0.2) is 0 Å². The van der Waals surface area contributed by atoms with Crippen LogP contribution in [0.5, 0.6) is 5.75 Å². The molecule has 2 N–H and O–H groups in total. The molecule has 1 aliphatic rings. The normalized spacial score (nSPS) is 23.6. The molecule has 1 heterocycles. The van der Waals surface area contributed by atoms with Crippen LogP contribution < -0.4 is 5.32 Å². The van der Waals surface area contributed by atoms with Crippen molar-refractivity contribution in [1.82, 2.24) is 10.2 Å². The molecule has 4 heteroatoms. The van der Waals surface area contributed by atoms with E-state index in [0.717, 1.165) is 24.9 Å². The summed E-state index contributed by atoms with van der Waals surface area (Å²) in [5, 5.41) is 13.0. The summed E-state index contributed by atoms with van der Waals surface area (Å²) in [6, 6.07) is 7.58. The van der Waals surface area contributed by atoms with Crippen LogP contribution in [0.15, 0.2) is 24.3 Å². The summed E-state index contributed by atoms with van der Waals surface area (Å²) in [6.45, 7) is 7.78. The molecule has 1 fully saturated rings. The van der Waals surface area contributed by atoms with Crippen molar-refractivity contribution in [1.29, 1.82) is 0 Å². The molecule has 1 saturated heterocycles. The standard InChI is InChI=1S/C17H26N2O2/c1-4-19(13(3)14-6-5-7-16(20)11-14)17(21)15-8-9-18-12(2)10-15/h5-7,11-13,15,18,20H,4,8-10H2,1-3H3. The Bertz CT molecular complexity index is 489. The Labute approximate surface area is 127 Å². The van der Waals surface area contributed by atoms with Gasteiger partial charge in [-0.05, 0) is 57.9 Å². The van der Waals surface area contributed by atoms with Crippen LogP contribution in [0, 0.1) is 5.92 Å². The van der Waals surface area contributed by atoms with Gasteiger partial charge in [0, 0.05) is 18.5 Å². The lowest BCUT2D eigenvalue weighted by Gasteiger charge is -2.35. The van der Waals surface area contributed by atoms with E-state index in [9.17, 15) is 9.90 Å². The van der Waals surface area contributed by atoms with Gasteiger partial charge in [-0.15, -0.1) is 0 Å². The third kappa shape index (κ3) is 3.76. The van der Waals surface area contributed by atoms with Gasteiger partial charge in [0.1, 0.15) is 5.75 Å². The first-order valence-corrected chi connectivity index (χ1v) is 7.85. The molecular weight excluding hydrogens is 264 g/mol. The first-order chi connectivity index (χ1) is 10.0. The van der Waals surface area contributed by atoms with E-state index in [1.165, 1.54) is 0 Å². The highest BCUT2D eigenvalue weighted by Crippen LogP contribution is 2.27. The van der Waals surface area contributed by atoms with Crippen LogP contribution in [0.1, 0.15) is 45.2 Å². The lowest BCUT2D eigenvalue weighted by Crippen LogP contribution is -2.44. The number of piperidine rings is 1. The summed E-state index contributed by atoms with van der Waals surface area (Å²) in [5.74, 6) is 0.598. The van der Waals surface area contributed by atoms with Crippen LogP contribution in [0.25, 0.3) is 0 Å². The molecule has 21 heavy (non-hydrogen) atoms. The van der Waals surface area contributed by atoms with Crippen LogP contribution in [0.2, 0.25) is 0 Å². The Kier molecular flexibility index (Phi) is 5.23. The molecule has 3 atom stereocenters. The summed E-state index contributed by atoms with van der Waals surface area (Å²) in [5.41, 5.74) is 0.979. The summed E-state index contributed by atoms with van der Waals surface area (Å²) >= 11 is 0. The van der Waals surface area contributed by atoms with Gasteiger partial charge in [-0.1, -0.05) is 12.1 Å². The Hall–Kier alpha value is -1.55. The topological polar surface area (TPSA) is 52.6 Å². The monoisotopic (exact) mass is 290 g/mol. The fourth-order valence-corrected chi connectivity index (χ4v) is 3.18. The van der Waals surface area contributed by atoms with Gasteiger partial charge in [0.2, 0.25) is 5.91 Å². The molecule has 0 radical (unpaired) electrons. The van der Waals surface area contributed by atoms with E-state index in [1.807, 2.05) is 30.9 Å². The zero-order chi connectivity index (χ0) is 15.4. The van der Waals surface area contributed by atoms with Crippen molar-refractivity contribution in [3.8, 4) is 5.75 Å². The van der Waals surface area contributed by atoms with Crippen molar-refractivity contribution in [2.75, 3.05) is 13.1 Å². The number of nitrogens with zero attached hydrogens (tertiary/aromatic N) is 1. The second kappa shape index (κ2) is 6.94. The Morgan fingerprint density at radius 3 is 2.90 bits per heavy atom. The summed E-state index contributed by atoms with van der Waals surface area (Å²) in [7, 11) is 0. The summed E-state index contributed by atoms with van der Waals surface area (Å²) in [4.78, 5) is 14.7. The number of rotatable bonds is 4. The van der Waals surface area contributed by atoms with Crippen LogP contribution in [0.4, 0.5) is 0 Å². The summed E-state index contributed by atoms with van der Waals surface area (Å²) in [6.07, 6.45) is 1.81. The van der Waals surface area contributed by atoms with Gasteiger partial charge in [0.25, 0.3) is 0 Å². The molecule has 116 valence electrons. The van der Waals surface area contributed by atoms with Gasteiger partial charge in [0.05, 0.1) is 6.04 Å². The van der Waals surface area contributed by atoms with Crippen molar-refractivity contribution in [3.63, 3.8) is 0 Å². The average Bonchev–Trinajstić information content (AvgIpc) is 2.47. The van der Waals surface area contributed by atoms with Crippen molar-refractivity contribution in [2.45, 2.75) is 45.7 Å². The fourth-order valence-electron chi connectivity index (χ4n) is 3.18. The molecule has 1 amide bonds. The predicted octanol–water partition coefficient (Wildman–Crippen LogP) is 2.69. The van der Waals surface area contributed by atoms with E-state index in [-0.39, 0.29) is 23.6 Å². The van der Waals surface area contributed by atoms with Crippen molar-refractivity contribution >= 4 is 5.91 Å². The predicted molar refractivity (Wildman–Crippen MR) is 84.1 cm³/mol. The SMILES string of the molecule is CCN(C(=O)C1CCNC(C)C1)C(C)c1cccc(O)c1. The second-order valence-corrected chi connectivity index (χ2v) is 5.97. The van der Waals surface area contributed by atoms with E-state index in [2.05, 4.69) is 12.2 Å². The van der Waals surface area contributed by atoms with E-state index in [4.69, 9.17) is 0 Å². The van der Waals surface area contributed by atoms with E-state index in [1.54, 1.807) is 12.1 Å². The Morgan fingerprint density at radius 1 is 1.52 bits per heavy atom. The number of hydrogen-bond acceptors (Lipinski definition) is 3. The van der Waals surface area contributed by atoms with Crippen molar-refractivity contribution in [3.05, 3.63) is 29.8 Å². The largest absolute Gasteiger partial charge is 0.508 e. The lowest BCUT2D eigenvalue weighted by atomic mass is 9.91. The van der Waals surface area contributed by atoms with E-state index < -0.39 is 0 Å². The highest BCUT2D eigenvalue weighted by atomic mass is 16.3. The molecule has 0 bridgehead atoms. The zero-order valence-corrected chi connectivity index (χ0v) is 13.2. The lowest BCUT2D eigenvalue weighted by molar-refractivity contribution is -0.138. The number of phenolic OH excluding ortho intramolecular Hbond substituents is 1. The number of carbonyl (C=O) groups is 1. The Morgan fingerprint density at radius 2 is 2.29 bits per heavy atom. The molecule has 2 rings (SSSR count). The quantitative estimate of drug-likeness (QED) is 0.896. The molecule has 0 spiro atoms. The fraction of sp³-hybridized carbons (Fsp3) is 0.588. The third-order valence-electron chi connectivity index (χ3n) is 4.42. The minimum Gasteiger partial charge on any atom is -0.508 e. The Balaban J connectivity index is 2.12. The maximum atomic E-state index is 12.8. The smallest absolute Gasteiger partial charge is 0.226 e. The number of nitrogens with one attached hydrogen (secondary N) is 1. The molecule has 4 nitrogen and oxygen atoms in total. The zero-order valence-electron chi connectivity index (χ0n) is 13.2. The van der Waals surface area contributed by atoms with Crippen molar-refractivity contribution in [2.24, 2.45) is 5.92 Å². The summed E-state index contributed by atoms with van der Waals surface area (Å²) < 4.78 is 0. The van der Waals surface area contributed by atoms with Gasteiger partial charge in [-0.3, -0.25) is 4.79 Å². The molecule has 1 aromatic rings. The average molecular weight is 290 g/mol. The van der Waals surface area contributed by atoms with Crippen molar-refractivity contribution < 1.29 is 9.90 Å². The molecule has 3 unspecified atom stereocenters. The first-order valence-electron chi connectivity index (χ1n) is 7.85. The number of benzene rings is 1. The van der Waals surface area contributed by atoms with Gasteiger partial charge >= 0.3 is 0 Å². The van der Waals surface area contributed by atoms with Crippen LogP contribution in [-0.4, -0.2) is 35.0 Å². The van der Waals surface area contributed by atoms with Gasteiger partial charge in [-0.25, -0.2) is 0 Å². The first kappa shape index (κ1) is 15.8. The number of aromatic hydroxyl groups is 1. The molecule has 1 aliphatic heterocycles. The van der Waals surface area contributed by atoms with Crippen LogP contribution in [0.3, 0.4) is 0 Å². The molecule has 0 aliphatic carbocycles. The maximum Gasteiger partial charge on any atom is 0.226 e. The van der Waals surface area contributed by atoms with E-state index >= 15 is 0 Å². The highest BCUT2D eigenvalue weighted by Gasteiger charge is 2.30. The minimum absolute atomic E-state index is 0.0141. The molecule has 1 aromatic carbocycles. The number of amides is 1. The van der Waals surface area contributed by atoms with Crippen LogP contribution in [-0.2, 0) is 4.79 Å². The second-order valence-electron chi connectivity index (χ2n) is 5.97. The van der Waals surface area contributed by atoms with Gasteiger partial charge in [-0.2, -0.15) is 0 Å². The minimum atomic E-state index is -0.0141. The molecule has 0 aromatic heterocycles.